The third-order valence-electron chi connectivity index (χ3n) is 5.45. The molecule has 7 heteroatoms. The van der Waals surface area contributed by atoms with E-state index in [2.05, 4.69) is 28.5 Å². The van der Waals surface area contributed by atoms with Gasteiger partial charge in [0.15, 0.2) is 0 Å². The second kappa shape index (κ2) is 7.60. The van der Waals surface area contributed by atoms with E-state index in [0.29, 0.717) is 6.42 Å². The number of morpholine rings is 1. The number of nitrogens with one attached hydrogen (secondary N) is 2. The Morgan fingerprint density at radius 1 is 1.27 bits per heavy atom. The Kier molecular flexibility index (Phi) is 5.22. The number of para-hydroxylation sites is 1. The van der Waals surface area contributed by atoms with Crippen molar-refractivity contribution in [1.82, 2.24) is 15.5 Å². The van der Waals surface area contributed by atoms with Crippen LogP contribution in [0.25, 0.3) is 0 Å². The highest BCUT2D eigenvalue weighted by atomic mass is 32.1. The van der Waals surface area contributed by atoms with Crippen molar-refractivity contribution in [3.8, 4) is 0 Å². The molecule has 1 aromatic carbocycles. The SMILES string of the molecule is C[C@H]1Cc2ccccc2N1C(=O)CC1NC(=S)CC(N2CCOCC2)N1. The standard InChI is InChI=1S/C19H26N4O2S/c1-13-10-14-4-2-3-5-15(14)23(13)19(24)11-16-20-17(12-18(26)21-16)22-6-8-25-9-7-22/h2-5,13,16-17,20H,6-12H2,1H3,(H,21,26)/t13-,16?,17?/m0/s1. The molecule has 0 saturated carbocycles. The average molecular weight is 375 g/mol. The number of thiocarbonyl (C=S) groups is 1. The number of ether oxygens (including phenoxy) is 1. The van der Waals surface area contributed by atoms with Gasteiger partial charge in [0, 0.05) is 31.2 Å². The number of anilines is 1. The van der Waals surface area contributed by atoms with Gasteiger partial charge in [-0.25, -0.2) is 0 Å². The third-order valence-corrected chi connectivity index (χ3v) is 5.73. The van der Waals surface area contributed by atoms with E-state index in [4.69, 9.17) is 17.0 Å². The van der Waals surface area contributed by atoms with Crippen LogP contribution in [0.4, 0.5) is 5.69 Å². The van der Waals surface area contributed by atoms with Crippen molar-refractivity contribution >= 4 is 28.8 Å². The molecule has 2 unspecified atom stereocenters. The molecule has 2 fully saturated rings. The van der Waals surface area contributed by atoms with Crippen molar-refractivity contribution in [3.63, 3.8) is 0 Å². The van der Waals surface area contributed by atoms with Gasteiger partial charge < -0.3 is 15.0 Å². The number of carbonyl (C=O) groups excluding carboxylic acids is 1. The van der Waals surface area contributed by atoms with E-state index in [1.54, 1.807) is 0 Å². The number of rotatable bonds is 3. The van der Waals surface area contributed by atoms with Gasteiger partial charge >= 0.3 is 0 Å². The van der Waals surface area contributed by atoms with E-state index < -0.39 is 0 Å². The lowest BCUT2D eigenvalue weighted by atomic mass is 10.1. The van der Waals surface area contributed by atoms with Gasteiger partial charge in [-0.2, -0.15) is 0 Å². The average Bonchev–Trinajstić information content (AvgIpc) is 2.97. The Morgan fingerprint density at radius 3 is 2.85 bits per heavy atom. The van der Waals surface area contributed by atoms with Crippen molar-refractivity contribution in [3.05, 3.63) is 29.8 Å². The van der Waals surface area contributed by atoms with Crippen LogP contribution in [0.5, 0.6) is 0 Å². The predicted molar refractivity (Wildman–Crippen MR) is 105 cm³/mol. The molecule has 3 aliphatic heterocycles. The van der Waals surface area contributed by atoms with Gasteiger partial charge in [-0.1, -0.05) is 30.4 Å². The minimum atomic E-state index is -0.128. The molecule has 26 heavy (non-hydrogen) atoms. The Labute approximate surface area is 159 Å². The fraction of sp³-hybridized carbons (Fsp3) is 0.579. The number of nitrogens with zero attached hydrogens (tertiary/aromatic N) is 2. The zero-order chi connectivity index (χ0) is 18.1. The number of amides is 1. The number of benzene rings is 1. The van der Waals surface area contributed by atoms with Gasteiger partial charge in [0.25, 0.3) is 0 Å². The molecule has 0 bridgehead atoms. The maximum atomic E-state index is 13.0. The van der Waals surface area contributed by atoms with E-state index >= 15 is 0 Å². The topological polar surface area (TPSA) is 56.8 Å². The minimum absolute atomic E-state index is 0.128. The van der Waals surface area contributed by atoms with Crippen LogP contribution in [0.15, 0.2) is 24.3 Å². The molecule has 3 aliphatic rings. The first-order valence-electron chi connectivity index (χ1n) is 9.39. The molecule has 6 nitrogen and oxygen atoms in total. The van der Waals surface area contributed by atoms with Crippen LogP contribution >= 0.6 is 12.2 Å². The fourth-order valence-electron chi connectivity index (χ4n) is 4.21. The summed E-state index contributed by atoms with van der Waals surface area (Å²) < 4.78 is 5.44. The van der Waals surface area contributed by atoms with Crippen LogP contribution in [0.2, 0.25) is 0 Å². The van der Waals surface area contributed by atoms with Crippen molar-refractivity contribution in [2.45, 2.75) is 44.6 Å². The van der Waals surface area contributed by atoms with E-state index in [9.17, 15) is 4.79 Å². The van der Waals surface area contributed by atoms with Crippen LogP contribution < -0.4 is 15.5 Å². The summed E-state index contributed by atoms with van der Waals surface area (Å²) in [5.41, 5.74) is 2.30. The molecule has 2 N–H and O–H groups in total. The third kappa shape index (κ3) is 3.62. The maximum Gasteiger partial charge on any atom is 0.230 e. The number of hydrogen-bond acceptors (Lipinski definition) is 5. The minimum Gasteiger partial charge on any atom is -0.379 e. The van der Waals surface area contributed by atoms with E-state index in [1.165, 1.54) is 5.56 Å². The molecule has 140 valence electrons. The number of fused-ring (bicyclic) bond motifs is 1. The van der Waals surface area contributed by atoms with E-state index in [1.807, 2.05) is 23.1 Å². The molecular weight excluding hydrogens is 348 g/mol. The molecule has 1 amide bonds. The molecular formula is C19H26N4O2S. The first kappa shape index (κ1) is 17.9. The largest absolute Gasteiger partial charge is 0.379 e. The van der Waals surface area contributed by atoms with Crippen molar-refractivity contribution in [1.29, 1.82) is 0 Å². The normalized spacial score (nSPS) is 29.3. The lowest BCUT2D eigenvalue weighted by Gasteiger charge is -2.41. The van der Waals surface area contributed by atoms with Crippen molar-refractivity contribution in [2.75, 3.05) is 31.2 Å². The summed E-state index contributed by atoms with van der Waals surface area (Å²) in [6.45, 7) is 5.42. The predicted octanol–water partition coefficient (Wildman–Crippen LogP) is 1.25. The molecule has 3 atom stereocenters. The summed E-state index contributed by atoms with van der Waals surface area (Å²) in [7, 11) is 0. The van der Waals surface area contributed by atoms with Crippen LogP contribution in [0.3, 0.4) is 0 Å². The zero-order valence-corrected chi connectivity index (χ0v) is 15.9. The highest BCUT2D eigenvalue weighted by Gasteiger charge is 2.34. The summed E-state index contributed by atoms with van der Waals surface area (Å²) >= 11 is 5.47. The zero-order valence-electron chi connectivity index (χ0n) is 15.1. The molecule has 0 aliphatic carbocycles. The number of hydrogen-bond donors (Lipinski definition) is 2. The summed E-state index contributed by atoms with van der Waals surface area (Å²) in [5.74, 6) is 0.137. The van der Waals surface area contributed by atoms with Crippen LogP contribution in [-0.4, -0.2) is 60.5 Å². The molecule has 1 aromatic rings. The molecule has 0 aromatic heterocycles. The summed E-state index contributed by atoms with van der Waals surface area (Å²) in [5, 5.41) is 6.86. The van der Waals surface area contributed by atoms with Gasteiger partial charge in [0.1, 0.15) is 0 Å². The monoisotopic (exact) mass is 374 g/mol. The Bertz CT molecular complexity index is 692. The second-order valence-corrected chi connectivity index (χ2v) is 7.80. The molecule has 3 heterocycles. The second-order valence-electron chi connectivity index (χ2n) is 7.30. The molecule has 0 spiro atoms. The highest BCUT2D eigenvalue weighted by molar-refractivity contribution is 7.80. The Hall–Kier alpha value is -1.54. The summed E-state index contributed by atoms with van der Waals surface area (Å²) in [6.07, 6.45) is 2.13. The Balaban J connectivity index is 1.43. The van der Waals surface area contributed by atoms with Crippen molar-refractivity contribution in [2.24, 2.45) is 0 Å². The van der Waals surface area contributed by atoms with Crippen LogP contribution in [0, 0.1) is 0 Å². The summed E-state index contributed by atoms with van der Waals surface area (Å²) in [6, 6.07) is 8.39. The first-order chi connectivity index (χ1) is 12.6. The van der Waals surface area contributed by atoms with Gasteiger partial charge in [-0.05, 0) is 25.0 Å². The van der Waals surface area contributed by atoms with Crippen molar-refractivity contribution < 1.29 is 9.53 Å². The maximum absolute atomic E-state index is 13.0. The van der Waals surface area contributed by atoms with Crippen LogP contribution in [-0.2, 0) is 16.0 Å². The molecule has 0 radical (unpaired) electrons. The van der Waals surface area contributed by atoms with Crippen LogP contribution in [0.1, 0.15) is 25.3 Å². The highest BCUT2D eigenvalue weighted by Crippen LogP contribution is 2.32. The summed E-state index contributed by atoms with van der Waals surface area (Å²) in [4.78, 5) is 18.2. The van der Waals surface area contributed by atoms with Gasteiger partial charge in [-0.15, -0.1) is 0 Å². The van der Waals surface area contributed by atoms with Gasteiger partial charge in [0.2, 0.25) is 5.91 Å². The molecule has 2 saturated heterocycles. The smallest absolute Gasteiger partial charge is 0.230 e. The Morgan fingerprint density at radius 2 is 2.04 bits per heavy atom. The lowest BCUT2D eigenvalue weighted by Crippen LogP contribution is -2.63. The fourth-order valence-corrected chi connectivity index (χ4v) is 4.51. The van der Waals surface area contributed by atoms with Gasteiger partial charge in [-0.3, -0.25) is 15.0 Å². The molecule has 4 rings (SSSR count). The van der Waals surface area contributed by atoms with Gasteiger partial charge in [0.05, 0.1) is 37.0 Å². The quantitative estimate of drug-likeness (QED) is 0.777. The van der Waals surface area contributed by atoms with E-state index in [-0.39, 0.29) is 24.3 Å². The number of carbonyl (C=O) groups is 1. The lowest BCUT2D eigenvalue weighted by molar-refractivity contribution is -0.119. The first-order valence-corrected chi connectivity index (χ1v) is 9.80. The van der Waals surface area contributed by atoms with E-state index in [0.717, 1.165) is 49.8 Å².